The third-order valence-corrected chi connectivity index (χ3v) is 3.33. The fraction of sp³-hybridized carbons (Fsp3) is 0.333. The van der Waals surface area contributed by atoms with Crippen molar-refractivity contribution in [2.75, 3.05) is 6.61 Å². The van der Waals surface area contributed by atoms with Crippen LogP contribution in [0.2, 0.25) is 0 Å². The van der Waals surface area contributed by atoms with Crippen molar-refractivity contribution in [3.63, 3.8) is 0 Å². The van der Waals surface area contributed by atoms with Gasteiger partial charge in [0, 0.05) is 5.39 Å². The first-order chi connectivity index (χ1) is 10.6. The minimum atomic E-state index is -0.514. The maximum atomic E-state index is 12.1. The van der Waals surface area contributed by atoms with Crippen LogP contribution < -0.4 is 11.0 Å². The number of fused-ring (bicyclic) bond motifs is 1. The Morgan fingerprint density at radius 3 is 2.82 bits per heavy atom. The monoisotopic (exact) mass is 301 g/mol. The average molecular weight is 301 g/mol. The second-order valence-electron chi connectivity index (χ2n) is 4.81. The first kappa shape index (κ1) is 15.8. The van der Waals surface area contributed by atoms with Crippen molar-refractivity contribution in [2.24, 2.45) is 5.22 Å². The van der Waals surface area contributed by atoms with Gasteiger partial charge in [-0.2, -0.15) is 10.2 Å². The number of aromatic nitrogens is 1. The van der Waals surface area contributed by atoms with Crippen LogP contribution in [0.1, 0.15) is 36.2 Å². The molecular formula is C15H19N5O2. The molecule has 1 aromatic carbocycles. The molecule has 0 fully saturated rings. The summed E-state index contributed by atoms with van der Waals surface area (Å²) in [5.41, 5.74) is 11.3. The van der Waals surface area contributed by atoms with Gasteiger partial charge in [-0.1, -0.05) is 37.3 Å². The fourth-order valence-electron chi connectivity index (χ4n) is 2.27. The Morgan fingerprint density at radius 2 is 2.18 bits per heavy atom. The molecule has 1 aromatic heterocycles. The molecule has 2 rings (SSSR count). The van der Waals surface area contributed by atoms with Crippen LogP contribution in [0.5, 0.6) is 0 Å². The van der Waals surface area contributed by atoms with Crippen LogP contribution in [-0.2, 0) is 11.3 Å². The average Bonchev–Trinajstić information content (AvgIpc) is 2.53. The molecule has 0 radical (unpaired) electrons. The number of hydrogen-bond acceptors (Lipinski definition) is 5. The Hall–Kier alpha value is -2.54. The highest BCUT2D eigenvalue weighted by atomic mass is 16.6. The standard InChI is InChI=1S/C15H19N5O2/c1-3-8-22-18-15(21)12-9-11-7-5-6-10(4-2)13(11)20(19-17)14(12)16/h5-7,9,16-17H,3-4,8H2,1-2H3,(H,18,21). The first-order valence-corrected chi connectivity index (χ1v) is 7.16. The zero-order chi connectivity index (χ0) is 16.1. The van der Waals surface area contributed by atoms with Crippen LogP contribution >= 0.6 is 0 Å². The van der Waals surface area contributed by atoms with E-state index in [-0.39, 0.29) is 11.1 Å². The quantitative estimate of drug-likeness (QED) is 0.433. The van der Waals surface area contributed by atoms with Crippen molar-refractivity contribution >= 4 is 16.8 Å². The van der Waals surface area contributed by atoms with E-state index in [2.05, 4.69) is 10.7 Å². The van der Waals surface area contributed by atoms with E-state index in [1.165, 1.54) is 4.68 Å². The van der Waals surface area contributed by atoms with Crippen molar-refractivity contribution in [3.8, 4) is 0 Å². The number of carbonyl (C=O) groups excluding carboxylic acids is 1. The lowest BCUT2D eigenvalue weighted by molar-refractivity contribution is 0.0313. The minimum absolute atomic E-state index is 0.118. The van der Waals surface area contributed by atoms with Crippen LogP contribution in [0.25, 0.3) is 10.9 Å². The number of rotatable bonds is 6. The normalized spacial score (nSPS) is 10.6. The van der Waals surface area contributed by atoms with Crippen LogP contribution in [0.3, 0.4) is 0 Å². The highest BCUT2D eigenvalue weighted by Crippen LogP contribution is 2.19. The van der Waals surface area contributed by atoms with E-state index in [1.54, 1.807) is 6.07 Å². The van der Waals surface area contributed by atoms with Crippen molar-refractivity contribution in [3.05, 3.63) is 40.9 Å². The minimum Gasteiger partial charge on any atom is -0.282 e. The van der Waals surface area contributed by atoms with E-state index in [0.29, 0.717) is 12.1 Å². The zero-order valence-electron chi connectivity index (χ0n) is 12.6. The number of hydroxylamine groups is 1. The predicted molar refractivity (Wildman–Crippen MR) is 81.4 cm³/mol. The molecule has 0 atom stereocenters. The summed E-state index contributed by atoms with van der Waals surface area (Å²) >= 11 is 0. The zero-order valence-corrected chi connectivity index (χ0v) is 12.6. The largest absolute Gasteiger partial charge is 0.282 e. The number of carbonyl (C=O) groups is 1. The van der Waals surface area contributed by atoms with Gasteiger partial charge in [-0.05, 0) is 24.5 Å². The van der Waals surface area contributed by atoms with E-state index >= 15 is 0 Å². The third kappa shape index (κ3) is 2.89. The van der Waals surface area contributed by atoms with E-state index < -0.39 is 5.91 Å². The first-order valence-electron chi connectivity index (χ1n) is 7.16. The van der Waals surface area contributed by atoms with E-state index in [0.717, 1.165) is 23.8 Å². The number of amides is 1. The number of nitrogens with zero attached hydrogens (tertiary/aromatic N) is 2. The lowest BCUT2D eigenvalue weighted by Crippen LogP contribution is -2.32. The van der Waals surface area contributed by atoms with Gasteiger partial charge in [0.15, 0.2) is 5.49 Å². The Balaban J connectivity index is 2.59. The molecule has 0 bridgehead atoms. The Morgan fingerprint density at radius 1 is 1.41 bits per heavy atom. The lowest BCUT2D eigenvalue weighted by Gasteiger charge is -2.12. The molecule has 0 aliphatic carbocycles. The van der Waals surface area contributed by atoms with E-state index in [1.807, 2.05) is 32.0 Å². The Kier molecular flexibility index (Phi) is 5.00. The van der Waals surface area contributed by atoms with E-state index in [4.69, 9.17) is 15.8 Å². The topological polar surface area (TPSA) is 103 Å². The number of aryl methyl sites for hydroxylation is 1. The molecule has 1 heterocycles. The van der Waals surface area contributed by atoms with Gasteiger partial charge in [0.1, 0.15) is 0 Å². The van der Waals surface area contributed by atoms with Gasteiger partial charge in [0.2, 0.25) is 0 Å². The number of hydrogen-bond donors (Lipinski definition) is 3. The van der Waals surface area contributed by atoms with Crippen molar-refractivity contribution in [1.82, 2.24) is 10.2 Å². The molecule has 3 N–H and O–H groups in total. The van der Waals surface area contributed by atoms with E-state index in [9.17, 15) is 4.79 Å². The molecule has 7 nitrogen and oxygen atoms in total. The highest BCUT2D eigenvalue weighted by molar-refractivity contribution is 5.97. The van der Waals surface area contributed by atoms with Gasteiger partial charge >= 0.3 is 0 Å². The molecule has 0 unspecified atom stereocenters. The molecule has 1 amide bonds. The highest BCUT2D eigenvalue weighted by Gasteiger charge is 2.15. The summed E-state index contributed by atoms with van der Waals surface area (Å²) in [6.07, 6.45) is 1.52. The van der Waals surface area contributed by atoms with Gasteiger partial charge in [0.05, 0.1) is 17.7 Å². The summed E-state index contributed by atoms with van der Waals surface area (Å²) in [7, 11) is 0. The molecule has 0 saturated heterocycles. The Labute approximate surface area is 127 Å². The third-order valence-electron chi connectivity index (χ3n) is 3.33. The van der Waals surface area contributed by atoms with Gasteiger partial charge in [-0.25, -0.2) is 5.48 Å². The fourth-order valence-corrected chi connectivity index (χ4v) is 2.27. The maximum absolute atomic E-state index is 12.1. The number of pyridine rings is 1. The van der Waals surface area contributed by atoms with Crippen LogP contribution in [0.15, 0.2) is 29.5 Å². The molecule has 116 valence electrons. The van der Waals surface area contributed by atoms with Gasteiger partial charge in [-0.15, -0.1) is 0 Å². The van der Waals surface area contributed by atoms with Crippen molar-refractivity contribution in [1.29, 1.82) is 10.9 Å². The van der Waals surface area contributed by atoms with Crippen LogP contribution in [0, 0.1) is 10.9 Å². The molecule has 0 saturated carbocycles. The summed E-state index contributed by atoms with van der Waals surface area (Å²) in [6, 6.07) is 7.27. The summed E-state index contributed by atoms with van der Waals surface area (Å²) in [5, 5.41) is 12.3. The second kappa shape index (κ2) is 6.95. The lowest BCUT2D eigenvalue weighted by atomic mass is 10.1. The summed E-state index contributed by atoms with van der Waals surface area (Å²) < 4.78 is 1.17. The van der Waals surface area contributed by atoms with Gasteiger partial charge in [-0.3, -0.25) is 15.0 Å². The van der Waals surface area contributed by atoms with Crippen molar-refractivity contribution < 1.29 is 9.63 Å². The second-order valence-corrected chi connectivity index (χ2v) is 4.81. The number of benzene rings is 1. The SMILES string of the molecule is CCCONC(=O)c1cc2cccc(CC)c2n(N=N)c1=N. The summed E-state index contributed by atoms with van der Waals surface area (Å²) in [6.45, 7) is 4.32. The molecule has 7 heteroatoms. The summed E-state index contributed by atoms with van der Waals surface area (Å²) in [4.78, 5) is 17.1. The predicted octanol–water partition coefficient (Wildman–Crippen LogP) is 2.55. The smallest absolute Gasteiger partial charge is 0.278 e. The number of nitrogens with one attached hydrogen (secondary N) is 3. The molecule has 2 aromatic rings. The van der Waals surface area contributed by atoms with Crippen molar-refractivity contribution in [2.45, 2.75) is 26.7 Å². The molecule has 0 aliphatic heterocycles. The molecular weight excluding hydrogens is 282 g/mol. The Bertz CT molecular complexity index is 766. The van der Waals surface area contributed by atoms with Gasteiger partial charge < -0.3 is 0 Å². The van der Waals surface area contributed by atoms with Crippen LogP contribution in [0.4, 0.5) is 0 Å². The van der Waals surface area contributed by atoms with Gasteiger partial charge in [0.25, 0.3) is 5.91 Å². The summed E-state index contributed by atoms with van der Waals surface area (Å²) in [5.74, 6) is -0.514. The molecule has 0 spiro atoms. The number of para-hydroxylation sites is 1. The molecule has 0 aliphatic rings. The van der Waals surface area contributed by atoms with Crippen LogP contribution in [-0.4, -0.2) is 17.2 Å². The molecule has 22 heavy (non-hydrogen) atoms. The maximum Gasteiger partial charge on any atom is 0.278 e.